The number of nitrogens with two attached hydrogens (primary N) is 1. The molecule has 0 aromatic heterocycles. The van der Waals surface area contributed by atoms with E-state index >= 15 is 0 Å². The first-order valence-electron chi connectivity index (χ1n) is 5.43. The molecule has 1 unspecified atom stereocenters. The predicted octanol–water partition coefficient (Wildman–Crippen LogP) is 2.51. The second kappa shape index (κ2) is 7.07. The SMILES string of the molecule is CCCC(N)C(=O)CC(CC)CC. The molecule has 0 fully saturated rings. The Morgan fingerprint density at radius 3 is 2.15 bits per heavy atom. The van der Waals surface area contributed by atoms with Crippen molar-refractivity contribution in [2.75, 3.05) is 0 Å². The van der Waals surface area contributed by atoms with Crippen LogP contribution in [0.25, 0.3) is 0 Å². The Balaban J connectivity index is 3.83. The number of Topliss-reactive ketones (excluding diaryl/α,β-unsaturated/α-hetero) is 1. The summed E-state index contributed by atoms with van der Waals surface area (Å²) in [6.07, 6.45) is 4.67. The summed E-state index contributed by atoms with van der Waals surface area (Å²) >= 11 is 0. The highest BCUT2D eigenvalue weighted by Gasteiger charge is 2.16. The van der Waals surface area contributed by atoms with Gasteiger partial charge in [0, 0.05) is 6.42 Å². The maximum Gasteiger partial charge on any atom is 0.149 e. The minimum atomic E-state index is -0.217. The third kappa shape index (κ3) is 5.04. The van der Waals surface area contributed by atoms with E-state index in [9.17, 15) is 4.79 Å². The molecule has 1 atom stereocenters. The van der Waals surface area contributed by atoms with E-state index in [1.807, 2.05) is 0 Å². The fourth-order valence-corrected chi connectivity index (χ4v) is 1.49. The summed E-state index contributed by atoms with van der Waals surface area (Å²) in [6.45, 7) is 6.32. The second-order valence-electron chi connectivity index (χ2n) is 3.75. The molecule has 0 aliphatic carbocycles. The molecule has 0 radical (unpaired) electrons. The maximum atomic E-state index is 11.5. The molecular weight excluding hydrogens is 162 g/mol. The van der Waals surface area contributed by atoms with Crippen LogP contribution in [0.4, 0.5) is 0 Å². The molecule has 13 heavy (non-hydrogen) atoms. The summed E-state index contributed by atoms with van der Waals surface area (Å²) in [6, 6.07) is -0.217. The van der Waals surface area contributed by atoms with Crippen LogP contribution >= 0.6 is 0 Å². The van der Waals surface area contributed by atoms with Gasteiger partial charge in [0.1, 0.15) is 5.78 Å². The summed E-state index contributed by atoms with van der Waals surface area (Å²) in [5.41, 5.74) is 5.74. The third-order valence-corrected chi connectivity index (χ3v) is 2.66. The Morgan fingerprint density at radius 2 is 1.77 bits per heavy atom. The molecule has 0 bridgehead atoms. The van der Waals surface area contributed by atoms with Gasteiger partial charge in [0.15, 0.2) is 0 Å². The van der Waals surface area contributed by atoms with Crippen LogP contribution < -0.4 is 5.73 Å². The van der Waals surface area contributed by atoms with Gasteiger partial charge < -0.3 is 5.73 Å². The molecule has 0 aliphatic heterocycles. The highest BCUT2D eigenvalue weighted by molar-refractivity contribution is 5.83. The van der Waals surface area contributed by atoms with Crippen LogP contribution in [0.1, 0.15) is 52.9 Å². The Hall–Kier alpha value is -0.370. The molecule has 2 N–H and O–H groups in total. The van der Waals surface area contributed by atoms with Crippen LogP contribution in [0.5, 0.6) is 0 Å². The Kier molecular flexibility index (Phi) is 6.87. The van der Waals surface area contributed by atoms with Gasteiger partial charge in [-0.15, -0.1) is 0 Å². The van der Waals surface area contributed by atoms with E-state index in [1.54, 1.807) is 0 Å². The molecule has 0 saturated heterocycles. The van der Waals surface area contributed by atoms with Crippen LogP contribution in [0, 0.1) is 5.92 Å². The van der Waals surface area contributed by atoms with Crippen molar-refractivity contribution in [1.82, 2.24) is 0 Å². The van der Waals surface area contributed by atoms with Crippen molar-refractivity contribution in [2.24, 2.45) is 11.7 Å². The van der Waals surface area contributed by atoms with Gasteiger partial charge in [-0.1, -0.05) is 40.0 Å². The third-order valence-electron chi connectivity index (χ3n) is 2.66. The lowest BCUT2D eigenvalue weighted by Gasteiger charge is -2.14. The van der Waals surface area contributed by atoms with Gasteiger partial charge in [0.05, 0.1) is 6.04 Å². The summed E-state index contributed by atoms with van der Waals surface area (Å²) in [5, 5.41) is 0. The number of carbonyl (C=O) groups excluding carboxylic acids is 1. The van der Waals surface area contributed by atoms with E-state index in [-0.39, 0.29) is 11.8 Å². The predicted molar refractivity (Wildman–Crippen MR) is 56.6 cm³/mol. The Bertz CT molecular complexity index is 141. The van der Waals surface area contributed by atoms with Crippen molar-refractivity contribution >= 4 is 5.78 Å². The van der Waals surface area contributed by atoms with Crippen LogP contribution in [0.2, 0.25) is 0 Å². The van der Waals surface area contributed by atoms with Crippen molar-refractivity contribution in [3.05, 3.63) is 0 Å². The fourth-order valence-electron chi connectivity index (χ4n) is 1.49. The van der Waals surface area contributed by atoms with Crippen LogP contribution in [0.15, 0.2) is 0 Å². The zero-order valence-electron chi connectivity index (χ0n) is 9.18. The molecular formula is C11H23NO. The molecule has 0 aromatic carbocycles. The van der Waals surface area contributed by atoms with Crippen LogP contribution in [0.3, 0.4) is 0 Å². The maximum absolute atomic E-state index is 11.5. The van der Waals surface area contributed by atoms with Crippen molar-refractivity contribution in [1.29, 1.82) is 0 Å². The minimum Gasteiger partial charge on any atom is -0.322 e. The molecule has 0 amide bonds. The first kappa shape index (κ1) is 12.6. The smallest absolute Gasteiger partial charge is 0.149 e. The van der Waals surface area contributed by atoms with Gasteiger partial charge in [0.2, 0.25) is 0 Å². The fraction of sp³-hybridized carbons (Fsp3) is 0.909. The lowest BCUT2D eigenvalue weighted by Crippen LogP contribution is -2.31. The van der Waals surface area contributed by atoms with E-state index in [1.165, 1.54) is 0 Å². The molecule has 0 heterocycles. The highest BCUT2D eigenvalue weighted by atomic mass is 16.1. The molecule has 2 nitrogen and oxygen atoms in total. The highest BCUT2D eigenvalue weighted by Crippen LogP contribution is 2.14. The van der Waals surface area contributed by atoms with E-state index in [0.29, 0.717) is 12.3 Å². The Labute approximate surface area is 81.9 Å². The van der Waals surface area contributed by atoms with Gasteiger partial charge in [-0.3, -0.25) is 4.79 Å². The first-order valence-corrected chi connectivity index (χ1v) is 5.43. The molecule has 78 valence electrons. The zero-order valence-corrected chi connectivity index (χ0v) is 9.18. The van der Waals surface area contributed by atoms with Crippen molar-refractivity contribution in [2.45, 2.75) is 58.9 Å². The molecule has 0 aromatic rings. The quantitative estimate of drug-likeness (QED) is 0.662. The van der Waals surface area contributed by atoms with Crippen molar-refractivity contribution in [3.63, 3.8) is 0 Å². The van der Waals surface area contributed by atoms with E-state index < -0.39 is 0 Å². The van der Waals surface area contributed by atoms with E-state index in [0.717, 1.165) is 25.7 Å². The second-order valence-corrected chi connectivity index (χ2v) is 3.75. The number of ketones is 1. The number of carbonyl (C=O) groups is 1. The lowest BCUT2D eigenvalue weighted by atomic mass is 9.93. The van der Waals surface area contributed by atoms with Gasteiger partial charge >= 0.3 is 0 Å². The Morgan fingerprint density at radius 1 is 1.23 bits per heavy atom. The first-order chi connectivity index (χ1) is 6.15. The van der Waals surface area contributed by atoms with Crippen LogP contribution in [-0.2, 0) is 4.79 Å². The van der Waals surface area contributed by atoms with E-state index in [4.69, 9.17) is 5.73 Å². The molecule has 0 saturated carbocycles. The summed E-state index contributed by atoms with van der Waals surface area (Å²) < 4.78 is 0. The average molecular weight is 185 g/mol. The topological polar surface area (TPSA) is 43.1 Å². The van der Waals surface area contributed by atoms with Crippen LogP contribution in [-0.4, -0.2) is 11.8 Å². The monoisotopic (exact) mass is 185 g/mol. The van der Waals surface area contributed by atoms with Gasteiger partial charge in [-0.05, 0) is 12.3 Å². The molecule has 0 aliphatic rings. The lowest BCUT2D eigenvalue weighted by molar-refractivity contribution is -0.121. The number of hydrogen-bond donors (Lipinski definition) is 1. The van der Waals surface area contributed by atoms with E-state index in [2.05, 4.69) is 20.8 Å². The molecule has 2 heteroatoms. The minimum absolute atomic E-state index is 0.217. The van der Waals surface area contributed by atoms with Gasteiger partial charge in [-0.2, -0.15) is 0 Å². The zero-order chi connectivity index (χ0) is 10.3. The normalized spacial score (nSPS) is 13.3. The summed E-state index contributed by atoms with van der Waals surface area (Å²) in [7, 11) is 0. The average Bonchev–Trinajstić information content (AvgIpc) is 2.14. The van der Waals surface area contributed by atoms with Crippen molar-refractivity contribution < 1.29 is 4.79 Å². The molecule has 0 spiro atoms. The van der Waals surface area contributed by atoms with Gasteiger partial charge in [-0.25, -0.2) is 0 Å². The largest absolute Gasteiger partial charge is 0.322 e. The summed E-state index contributed by atoms with van der Waals surface area (Å²) in [4.78, 5) is 11.5. The molecule has 0 rings (SSSR count). The van der Waals surface area contributed by atoms with Gasteiger partial charge in [0.25, 0.3) is 0 Å². The summed E-state index contributed by atoms with van der Waals surface area (Å²) in [5.74, 6) is 0.783. The number of hydrogen-bond acceptors (Lipinski definition) is 2. The number of rotatable bonds is 7. The standard InChI is InChI=1S/C11H23NO/c1-4-7-10(12)11(13)8-9(5-2)6-3/h9-10H,4-8,12H2,1-3H3. The van der Waals surface area contributed by atoms with Crippen molar-refractivity contribution in [3.8, 4) is 0 Å².